The maximum Gasteiger partial charge on any atom is 0.253 e. The molecule has 1 aliphatic rings. The van der Waals surface area contributed by atoms with E-state index in [0.29, 0.717) is 30.2 Å². The monoisotopic (exact) mass is 423 g/mol. The lowest BCUT2D eigenvalue weighted by Gasteiger charge is -2.32. The van der Waals surface area contributed by atoms with Gasteiger partial charge in [-0.05, 0) is 59.1 Å². The van der Waals surface area contributed by atoms with Gasteiger partial charge >= 0.3 is 0 Å². The molecule has 1 aromatic heterocycles. The van der Waals surface area contributed by atoms with Crippen LogP contribution in [0.25, 0.3) is 0 Å². The average Bonchev–Trinajstić information content (AvgIpc) is 3.05. The molecule has 1 saturated heterocycles. The Morgan fingerprint density at radius 2 is 2.08 bits per heavy atom. The van der Waals surface area contributed by atoms with Gasteiger partial charge in [0.2, 0.25) is 5.91 Å². The number of benzene rings is 1. The molecule has 2 heterocycles. The summed E-state index contributed by atoms with van der Waals surface area (Å²) in [5.74, 6) is -0.245. The molecular formula is C18H19BrClN3O2. The Balaban J connectivity index is 1.57. The number of H-pyrrole nitrogens is 1. The van der Waals surface area contributed by atoms with E-state index in [0.717, 1.165) is 23.0 Å². The largest absolute Gasteiger partial charge is 0.362 e. The fourth-order valence-corrected chi connectivity index (χ4v) is 3.51. The van der Waals surface area contributed by atoms with Crippen LogP contribution in [0, 0.1) is 5.92 Å². The molecule has 0 radical (unpaired) electrons. The zero-order valence-electron chi connectivity index (χ0n) is 13.6. The molecule has 1 fully saturated rings. The minimum atomic E-state index is -0.177. The highest BCUT2D eigenvalue weighted by Gasteiger charge is 2.28. The van der Waals surface area contributed by atoms with E-state index < -0.39 is 0 Å². The van der Waals surface area contributed by atoms with Crippen molar-refractivity contribution in [1.29, 1.82) is 0 Å². The van der Waals surface area contributed by atoms with Gasteiger partial charge in [0.15, 0.2) is 0 Å². The van der Waals surface area contributed by atoms with Crippen LogP contribution in [0.1, 0.15) is 28.9 Å². The first-order chi connectivity index (χ1) is 12.0. The van der Waals surface area contributed by atoms with Gasteiger partial charge in [-0.15, -0.1) is 0 Å². The number of piperidine rings is 1. The third kappa shape index (κ3) is 4.64. The predicted octanol–water partition coefficient (Wildman–Crippen LogP) is 3.60. The lowest BCUT2D eigenvalue weighted by atomic mass is 9.96. The Morgan fingerprint density at radius 1 is 1.32 bits per heavy atom. The van der Waals surface area contributed by atoms with Crippen LogP contribution in [0.2, 0.25) is 5.02 Å². The highest BCUT2D eigenvalue weighted by atomic mass is 79.9. The molecule has 2 amide bonds. The van der Waals surface area contributed by atoms with Crippen LogP contribution in [0.5, 0.6) is 0 Å². The van der Waals surface area contributed by atoms with Gasteiger partial charge in [0.1, 0.15) is 0 Å². The molecule has 2 aromatic rings. The van der Waals surface area contributed by atoms with Crippen molar-refractivity contribution >= 4 is 39.3 Å². The summed E-state index contributed by atoms with van der Waals surface area (Å²) in [5.41, 5.74) is 1.53. The standard InChI is InChI=1S/C18H19BrClN3O2/c19-14-8-16(21-9-14)10-22-17(24)13-2-1-7-23(11-13)18(25)12-3-5-15(20)6-4-12/h3-6,8-9,13,21H,1-2,7,10-11H2,(H,22,24)/t13-/m0/s1. The molecule has 0 bridgehead atoms. The minimum absolute atomic E-state index is 0.0145. The lowest BCUT2D eigenvalue weighted by Crippen LogP contribution is -2.45. The normalized spacial score (nSPS) is 17.4. The molecule has 0 spiro atoms. The molecule has 25 heavy (non-hydrogen) atoms. The summed E-state index contributed by atoms with van der Waals surface area (Å²) in [6.07, 6.45) is 3.45. The number of aromatic nitrogens is 1. The van der Waals surface area contributed by atoms with E-state index in [9.17, 15) is 9.59 Å². The number of amides is 2. The summed E-state index contributed by atoms with van der Waals surface area (Å²) >= 11 is 9.24. The quantitative estimate of drug-likeness (QED) is 0.787. The van der Waals surface area contributed by atoms with Gasteiger partial charge in [-0.25, -0.2) is 0 Å². The van der Waals surface area contributed by atoms with Crippen molar-refractivity contribution < 1.29 is 9.59 Å². The fraction of sp³-hybridized carbons (Fsp3) is 0.333. The number of likely N-dealkylation sites (tertiary alicyclic amines) is 1. The number of hydrogen-bond donors (Lipinski definition) is 2. The lowest BCUT2D eigenvalue weighted by molar-refractivity contribution is -0.126. The molecule has 7 heteroatoms. The molecule has 5 nitrogen and oxygen atoms in total. The van der Waals surface area contributed by atoms with E-state index in [2.05, 4.69) is 26.2 Å². The van der Waals surface area contributed by atoms with Crippen LogP contribution in [0.4, 0.5) is 0 Å². The third-order valence-electron chi connectivity index (χ3n) is 4.33. The van der Waals surface area contributed by atoms with Crippen LogP contribution in [0.3, 0.4) is 0 Å². The maximum absolute atomic E-state index is 12.6. The second-order valence-electron chi connectivity index (χ2n) is 6.16. The van der Waals surface area contributed by atoms with Gasteiger partial charge in [-0.3, -0.25) is 9.59 Å². The van der Waals surface area contributed by atoms with E-state index in [1.54, 1.807) is 29.2 Å². The van der Waals surface area contributed by atoms with Crippen LogP contribution in [-0.2, 0) is 11.3 Å². The number of hydrogen-bond acceptors (Lipinski definition) is 2. The zero-order valence-corrected chi connectivity index (χ0v) is 15.9. The van der Waals surface area contributed by atoms with Crippen molar-refractivity contribution in [2.45, 2.75) is 19.4 Å². The summed E-state index contributed by atoms with van der Waals surface area (Å²) in [5, 5.41) is 3.54. The number of aromatic amines is 1. The van der Waals surface area contributed by atoms with E-state index in [1.807, 2.05) is 12.3 Å². The molecule has 0 unspecified atom stereocenters. The Labute approximate surface area is 159 Å². The van der Waals surface area contributed by atoms with E-state index in [1.165, 1.54) is 0 Å². The number of halogens is 2. The highest BCUT2D eigenvalue weighted by Crippen LogP contribution is 2.20. The summed E-state index contributed by atoms with van der Waals surface area (Å²) in [4.78, 5) is 29.9. The first-order valence-corrected chi connectivity index (χ1v) is 9.35. The SMILES string of the molecule is O=C(NCc1cc(Br)c[nH]1)[C@H]1CCCN(C(=O)c2ccc(Cl)cc2)C1. The van der Waals surface area contributed by atoms with Gasteiger partial charge in [-0.1, -0.05) is 11.6 Å². The Morgan fingerprint density at radius 3 is 2.76 bits per heavy atom. The van der Waals surface area contributed by atoms with Gasteiger partial charge in [-0.2, -0.15) is 0 Å². The van der Waals surface area contributed by atoms with Crippen molar-refractivity contribution in [2.75, 3.05) is 13.1 Å². The Kier molecular flexibility index (Phi) is 5.81. The Bertz CT molecular complexity index is 760. The van der Waals surface area contributed by atoms with Crippen LogP contribution < -0.4 is 5.32 Å². The predicted molar refractivity (Wildman–Crippen MR) is 100 cm³/mol. The number of rotatable bonds is 4. The minimum Gasteiger partial charge on any atom is -0.362 e. The topological polar surface area (TPSA) is 65.2 Å². The summed E-state index contributed by atoms with van der Waals surface area (Å²) in [6.45, 7) is 1.57. The molecular weight excluding hydrogens is 406 g/mol. The smallest absolute Gasteiger partial charge is 0.253 e. The summed E-state index contributed by atoms with van der Waals surface area (Å²) < 4.78 is 0.953. The molecule has 3 rings (SSSR count). The van der Waals surface area contributed by atoms with Gasteiger partial charge in [0.05, 0.1) is 12.5 Å². The van der Waals surface area contributed by atoms with Crippen LogP contribution >= 0.6 is 27.5 Å². The van der Waals surface area contributed by atoms with Crippen LogP contribution in [0.15, 0.2) is 41.0 Å². The second-order valence-corrected chi connectivity index (χ2v) is 7.51. The van der Waals surface area contributed by atoms with Crippen molar-refractivity contribution in [3.05, 3.63) is 57.3 Å². The first kappa shape index (κ1) is 18.0. The maximum atomic E-state index is 12.6. The second kappa shape index (κ2) is 8.06. The molecule has 1 aliphatic heterocycles. The number of carbonyl (C=O) groups excluding carboxylic acids is 2. The van der Waals surface area contributed by atoms with Crippen molar-refractivity contribution in [3.63, 3.8) is 0 Å². The number of carbonyl (C=O) groups is 2. The van der Waals surface area contributed by atoms with E-state index >= 15 is 0 Å². The van der Waals surface area contributed by atoms with Crippen molar-refractivity contribution in [1.82, 2.24) is 15.2 Å². The van der Waals surface area contributed by atoms with E-state index in [-0.39, 0.29) is 17.7 Å². The number of nitrogens with zero attached hydrogens (tertiary/aromatic N) is 1. The molecule has 0 saturated carbocycles. The van der Waals surface area contributed by atoms with Crippen molar-refractivity contribution in [2.24, 2.45) is 5.92 Å². The van der Waals surface area contributed by atoms with Gasteiger partial charge in [0.25, 0.3) is 5.91 Å². The molecule has 2 N–H and O–H groups in total. The third-order valence-corrected chi connectivity index (χ3v) is 5.04. The van der Waals surface area contributed by atoms with Crippen LogP contribution in [-0.4, -0.2) is 34.8 Å². The van der Waals surface area contributed by atoms with Crippen molar-refractivity contribution in [3.8, 4) is 0 Å². The molecule has 0 aliphatic carbocycles. The highest BCUT2D eigenvalue weighted by molar-refractivity contribution is 9.10. The average molecular weight is 425 g/mol. The van der Waals surface area contributed by atoms with Gasteiger partial charge < -0.3 is 15.2 Å². The zero-order chi connectivity index (χ0) is 17.8. The van der Waals surface area contributed by atoms with Gasteiger partial charge in [0, 0.05) is 40.0 Å². The molecule has 1 aromatic carbocycles. The summed E-state index contributed by atoms with van der Waals surface area (Å²) in [7, 11) is 0. The van der Waals surface area contributed by atoms with E-state index in [4.69, 9.17) is 11.6 Å². The fourth-order valence-electron chi connectivity index (χ4n) is 2.99. The number of nitrogens with one attached hydrogen (secondary N) is 2. The first-order valence-electron chi connectivity index (χ1n) is 8.18. The molecule has 132 valence electrons. The summed E-state index contributed by atoms with van der Waals surface area (Å²) in [6, 6.07) is 8.78. The Hall–Kier alpha value is -1.79. The molecule has 1 atom stereocenters.